The topological polar surface area (TPSA) is 15.3 Å². The van der Waals surface area contributed by atoms with Gasteiger partial charge in [0.15, 0.2) is 0 Å². The summed E-state index contributed by atoms with van der Waals surface area (Å²) in [5.41, 5.74) is 0. The van der Waals surface area contributed by atoms with Crippen molar-refractivity contribution in [1.29, 1.82) is 0 Å². The second-order valence-corrected chi connectivity index (χ2v) is 4.71. The lowest BCUT2D eigenvalue weighted by Gasteiger charge is -2.27. The zero-order valence-corrected chi connectivity index (χ0v) is 9.34. The van der Waals surface area contributed by atoms with Crippen LogP contribution >= 0.6 is 0 Å². The van der Waals surface area contributed by atoms with Gasteiger partial charge in [0.1, 0.15) is 0 Å². The zero-order valence-electron chi connectivity index (χ0n) is 9.34. The van der Waals surface area contributed by atoms with E-state index in [0.717, 1.165) is 25.0 Å². The molecule has 0 spiro atoms. The number of hydrogen-bond donors (Lipinski definition) is 1. The largest absolute Gasteiger partial charge is 0.313 e. The summed E-state index contributed by atoms with van der Waals surface area (Å²) in [6, 6.07) is 0.802. The molecule has 0 atom stereocenters. The summed E-state index contributed by atoms with van der Waals surface area (Å²) in [6.07, 6.45) is 5.60. The highest BCUT2D eigenvalue weighted by molar-refractivity contribution is 4.75. The van der Waals surface area contributed by atoms with Gasteiger partial charge in [-0.15, -0.1) is 0 Å². The van der Waals surface area contributed by atoms with Crippen LogP contribution in [0.1, 0.15) is 32.6 Å². The Balaban J connectivity index is 2.02. The first kappa shape index (κ1) is 11.0. The average Bonchev–Trinajstić information content (AvgIpc) is 2.08. The van der Waals surface area contributed by atoms with Gasteiger partial charge in [-0.2, -0.15) is 0 Å². The van der Waals surface area contributed by atoms with Gasteiger partial charge in [0, 0.05) is 19.1 Å². The van der Waals surface area contributed by atoms with Crippen LogP contribution in [0, 0.1) is 5.92 Å². The first-order valence-corrected chi connectivity index (χ1v) is 5.56. The molecule has 0 aromatic heterocycles. The quantitative estimate of drug-likeness (QED) is 0.715. The van der Waals surface area contributed by atoms with Crippen molar-refractivity contribution in [3.05, 3.63) is 0 Å². The van der Waals surface area contributed by atoms with Gasteiger partial charge in [0.25, 0.3) is 0 Å². The maximum Gasteiger partial charge on any atom is 0.0101 e. The van der Waals surface area contributed by atoms with Crippen molar-refractivity contribution in [2.75, 3.05) is 27.2 Å². The predicted molar refractivity (Wildman–Crippen MR) is 58.0 cm³/mol. The zero-order chi connectivity index (χ0) is 9.68. The molecule has 78 valence electrons. The third-order valence-electron chi connectivity index (χ3n) is 3.01. The van der Waals surface area contributed by atoms with Crippen LogP contribution < -0.4 is 5.32 Å². The van der Waals surface area contributed by atoms with Gasteiger partial charge in [-0.05, 0) is 45.7 Å². The molecule has 1 rings (SSSR count). The molecule has 0 radical (unpaired) electrons. The molecular formula is C11H24N2. The van der Waals surface area contributed by atoms with E-state index in [1.165, 1.54) is 25.7 Å². The summed E-state index contributed by atoms with van der Waals surface area (Å²) < 4.78 is 0. The molecule has 0 aromatic carbocycles. The Morgan fingerprint density at radius 2 is 1.77 bits per heavy atom. The molecule has 1 saturated carbocycles. The van der Waals surface area contributed by atoms with E-state index in [9.17, 15) is 0 Å². The molecule has 2 nitrogen and oxygen atoms in total. The van der Waals surface area contributed by atoms with Gasteiger partial charge in [-0.1, -0.05) is 6.92 Å². The van der Waals surface area contributed by atoms with Crippen molar-refractivity contribution in [1.82, 2.24) is 10.2 Å². The summed E-state index contributed by atoms with van der Waals surface area (Å²) >= 11 is 0. The molecule has 0 aliphatic heterocycles. The predicted octanol–water partition coefficient (Wildman–Crippen LogP) is 1.72. The van der Waals surface area contributed by atoms with Crippen LogP contribution in [0.15, 0.2) is 0 Å². The number of hydrogen-bond acceptors (Lipinski definition) is 2. The highest BCUT2D eigenvalue weighted by atomic mass is 15.1. The third kappa shape index (κ3) is 4.63. The van der Waals surface area contributed by atoms with Crippen molar-refractivity contribution >= 4 is 0 Å². The van der Waals surface area contributed by atoms with Crippen LogP contribution in [-0.4, -0.2) is 38.1 Å². The van der Waals surface area contributed by atoms with Crippen molar-refractivity contribution in [2.45, 2.75) is 38.6 Å². The maximum atomic E-state index is 3.63. The first-order valence-electron chi connectivity index (χ1n) is 5.56. The van der Waals surface area contributed by atoms with E-state index < -0.39 is 0 Å². The van der Waals surface area contributed by atoms with E-state index in [4.69, 9.17) is 0 Å². The van der Waals surface area contributed by atoms with E-state index in [1.54, 1.807) is 0 Å². The van der Waals surface area contributed by atoms with E-state index >= 15 is 0 Å². The number of likely N-dealkylation sites (N-methyl/N-ethyl adjacent to an activating group) is 1. The molecular weight excluding hydrogens is 160 g/mol. The normalized spacial score (nSPS) is 29.5. The molecule has 1 aliphatic carbocycles. The minimum absolute atomic E-state index is 0.802. The average molecular weight is 184 g/mol. The van der Waals surface area contributed by atoms with E-state index in [2.05, 4.69) is 31.2 Å². The number of nitrogens with zero attached hydrogens (tertiary/aromatic N) is 1. The Morgan fingerprint density at radius 3 is 2.31 bits per heavy atom. The molecule has 1 fully saturated rings. The highest BCUT2D eigenvalue weighted by Gasteiger charge is 2.16. The minimum atomic E-state index is 0.802. The fraction of sp³-hybridized carbons (Fsp3) is 1.00. The lowest BCUT2D eigenvalue weighted by Crippen LogP contribution is -2.37. The van der Waals surface area contributed by atoms with Gasteiger partial charge in [0.2, 0.25) is 0 Å². The van der Waals surface area contributed by atoms with Gasteiger partial charge < -0.3 is 10.2 Å². The Hall–Kier alpha value is -0.0800. The fourth-order valence-corrected chi connectivity index (χ4v) is 1.96. The molecule has 0 saturated heterocycles. The van der Waals surface area contributed by atoms with Crippen LogP contribution in [0.3, 0.4) is 0 Å². The minimum Gasteiger partial charge on any atom is -0.313 e. The van der Waals surface area contributed by atoms with Crippen LogP contribution in [0.4, 0.5) is 0 Å². The molecule has 2 heteroatoms. The molecule has 0 unspecified atom stereocenters. The van der Waals surface area contributed by atoms with Gasteiger partial charge >= 0.3 is 0 Å². The van der Waals surface area contributed by atoms with E-state index in [1.807, 2.05) is 0 Å². The fourth-order valence-electron chi connectivity index (χ4n) is 1.96. The summed E-state index contributed by atoms with van der Waals surface area (Å²) in [7, 11) is 4.26. The van der Waals surface area contributed by atoms with Crippen molar-refractivity contribution in [3.63, 3.8) is 0 Å². The molecule has 13 heavy (non-hydrogen) atoms. The monoisotopic (exact) mass is 184 g/mol. The summed E-state index contributed by atoms with van der Waals surface area (Å²) in [6.45, 7) is 4.67. The summed E-state index contributed by atoms with van der Waals surface area (Å²) in [4.78, 5) is 2.23. The second kappa shape index (κ2) is 5.61. The maximum absolute atomic E-state index is 3.63. The molecule has 1 aliphatic rings. The molecule has 0 aromatic rings. The van der Waals surface area contributed by atoms with E-state index in [0.29, 0.717) is 0 Å². The molecule has 0 bridgehead atoms. The second-order valence-electron chi connectivity index (χ2n) is 4.71. The lowest BCUT2D eigenvalue weighted by atomic mass is 9.87. The van der Waals surface area contributed by atoms with Crippen molar-refractivity contribution in [3.8, 4) is 0 Å². The SMILES string of the molecule is CC1CCC(NCCN(C)C)CC1. The summed E-state index contributed by atoms with van der Waals surface area (Å²) in [5, 5.41) is 3.63. The highest BCUT2D eigenvalue weighted by Crippen LogP contribution is 2.23. The lowest BCUT2D eigenvalue weighted by molar-refractivity contribution is 0.295. The Morgan fingerprint density at radius 1 is 1.15 bits per heavy atom. The van der Waals surface area contributed by atoms with Crippen LogP contribution in [0.2, 0.25) is 0 Å². The standard InChI is InChI=1S/C11H24N2/c1-10-4-6-11(7-5-10)12-8-9-13(2)3/h10-12H,4-9H2,1-3H3. The van der Waals surface area contributed by atoms with Crippen LogP contribution in [0.25, 0.3) is 0 Å². The van der Waals surface area contributed by atoms with Gasteiger partial charge in [0.05, 0.1) is 0 Å². The van der Waals surface area contributed by atoms with Gasteiger partial charge in [-0.25, -0.2) is 0 Å². The van der Waals surface area contributed by atoms with Crippen molar-refractivity contribution < 1.29 is 0 Å². The van der Waals surface area contributed by atoms with E-state index in [-0.39, 0.29) is 0 Å². The molecule has 0 heterocycles. The molecule has 1 N–H and O–H groups in total. The summed E-state index contributed by atoms with van der Waals surface area (Å²) in [5.74, 6) is 0.965. The Kier molecular flexibility index (Phi) is 4.74. The number of rotatable bonds is 4. The van der Waals surface area contributed by atoms with Gasteiger partial charge in [-0.3, -0.25) is 0 Å². The molecule has 0 amide bonds. The smallest absolute Gasteiger partial charge is 0.0101 e. The Bertz CT molecular complexity index is 126. The number of nitrogens with one attached hydrogen (secondary N) is 1. The Labute approximate surface area is 82.7 Å². The van der Waals surface area contributed by atoms with Crippen LogP contribution in [-0.2, 0) is 0 Å². The third-order valence-corrected chi connectivity index (χ3v) is 3.01. The first-order chi connectivity index (χ1) is 6.18. The van der Waals surface area contributed by atoms with Crippen LogP contribution in [0.5, 0.6) is 0 Å². The van der Waals surface area contributed by atoms with Crippen molar-refractivity contribution in [2.24, 2.45) is 5.92 Å².